The Kier molecular flexibility index (Phi) is 4.27. The average Bonchev–Trinajstić information content (AvgIpc) is 2.19. The zero-order chi connectivity index (χ0) is 11.5. The van der Waals surface area contributed by atoms with Gasteiger partial charge >= 0.3 is 0 Å². The molecule has 88 valence electrons. The van der Waals surface area contributed by atoms with Crippen molar-refractivity contribution in [2.24, 2.45) is 5.92 Å². The molecule has 16 heavy (non-hydrogen) atoms. The van der Waals surface area contributed by atoms with Gasteiger partial charge in [0.05, 0.1) is 22.2 Å². The van der Waals surface area contributed by atoms with Crippen LogP contribution in [0.1, 0.15) is 24.8 Å². The van der Waals surface area contributed by atoms with E-state index in [2.05, 4.69) is 31.9 Å². The van der Waals surface area contributed by atoms with Gasteiger partial charge in [0.2, 0.25) is 0 Å². The molecule has 0 saturated heterocycles. The topological polar surface area (TPSA) is 29.5 Å². The predicted molar refractivity (Wildman–Crippen MR) is 70.6 cm³/mol. The fourth-order valence-electron chi connectivity index (χ4n) is 1.70. The molecule has 1 saturated carbocycles. The van der Waals surface area contributed by atoms with Gasteiger partial charge in [0.25, 0.3) is 0 Å². The third kappa shape index (κ3) is 2.79. The summed E-state index contributed by atoms with van der Waals surface area (Å²) in [5.41, 5.74) is 0.870. The van der Waals surface area contributed by atoms with Gasteiger partial charge in [-0.3, -0.25) is 0 Å². The number of benzene rings is 1. The molecule has 1 aliphatic carbocycles. The van der Waals surface area contributed by atoms with Crippen LogP contribution in [0.4, 0.5) is 0 Å². The largest absolute Gasteiger partial charge is 0.491 e. The normalized spacial score (nSPS) is 15.9. The lowest BCUT2D eigenvalue weighted by Gasteiger charge is -2.25. The first kappa shape index (κ1) is 12.4. The van der Waals surface area contributed by atoms with Gasteiger partial charge in [-0.1, -0.05) is 6.42 Å². The van der Waals surface area contributed by atoms with E-state index in [9.17, 15) is 0 Å². The molecular formula is C12H14Br2O2. The Morgan fingerprint density at radius 1 is 1.25 bits per heavy atom. The first-order chi connectivity index (χ1) is 7.70. The van der Waals surface area contributed by atoms with Gasteiger partial charge in [0.15, 0.2) is 0 Å². The van der Waals surface area contributed by atoms with Gasteiger partial charge in [0, 0.05) is 0 Å². The molecule has 0 heterocycles. The van der Waals surface area contributed by atoms with Crippen LogP contribution in [0.3, 0.4) is 0 Å². The van der Waals surface area contributed by atoms with Crippen LogP contribution in [0.25, 0.3) is 0 Å². The number of hydrogen-bond donors (Lipinski definition) is 1. The first-order valence-corrected chi connectivity index (χ1v) is 7.01. The smallest absolute Gasteiger partial charge is 0.147 e. The highest BCUT2D eigenvalue weighted by Gasteiger charge is 2.19. The highest BCUT2D eigenvalue weighted by Crippen LogP contribution is 2.36. The highest BCUT2D eigenvalue weighted by molar-refractivity contribution is 9.11. The Bertz CT molecular complexity index is 352. The van der Waals surface area contributed by atoms with Crippen molar-refractivity contribution in [1.29, 1.82) is 0 Å². The molecule has 0 amide bonds. The highest BCUT2D eigenvalue weighted by atomic mass is 79.9. The van der Waals surface area contributed by atoms with E-state index in [1.165, 1.54) is 19.3 Å². The van der Waals surface area contributed by atoms with Gasteiger partial charge in [-0.2, -0.15) is 0 Å². The molecule has 4 heteroatoms. The van der Waals surface area contributed by atoms with E-state index in [0.29, 0.717) is 0 Å². The second kappa shape index (κ2) is 5.52. The Morgan fingerprint density at radius 3 is 2.31 bits per heavy atom. The summed E-state index contributed by atoms with van der Waals surface area (Å²) in [7, 11) is 0. The summed E-state index contributed by atoms with van der Waals surface area (Å²) in [4.78, 5) is 0. The molecule has 1 fully saturated rings. The average molecular weight is 350 g/mol. The van der Waals surface area contributed by atoms with Crippen LogP contribution in [0.15, 0.2) is 21.1 Å². The monoisotopic (exact) mass is 348 g/mol. The molecule has 0 aromatic heterocycles. The quantitative estimate of drug-likeness (QED) is 0.893. The number of hydrogen-bond acceptors (Lipinski definition) is 2. The lowest BCUT2D eigenvalue weighted by Crippen LogP contribution is -2.19. The number of rotatable bonds is 4. The van der Waals surface area contributed by atoms with Crippen molar-refractivity contribution in [3.63, 3.8) is 0 Å². The second-order valence-corrected chi connectivity index (χ2v) is 5.86. The minimum Gasteiger partial charge on any atom is -0.491 e. The van der Waals surface area contributed by atoms with Crippen molar-refractivity contribution in [2.75, 3.05) is 6.61 Å². The number of halogens is 2. The standard InChI is InChI=1S/C12H14Br2O2/c13-10-4-9(6-15)5-11(14)12(10)16-7-8-2-1-3-8/h4-5,8,15H,1-3,6-7H2. The third-order valence-electron chi connectivity index (χ3n) is 2.93. The summed E-state index contributed by atoms with van der Waals surface area (Å²) < 4.78 is 7.58. The van der Waals surface area contributed by atoms with Gasteiger partial charge in [-0.15, -0.1) is 0 Å². The summed E-state index contributed by atoms with van der Waals surface area (Å²) in [5.74, 6) is 1.56. The van der Waals surface area contributed by atoms with Crippen molar-refractivity contribution >= 4 is 31.9 Å². The molecule has 0 atom stereocenters. The molecule has 0 spiro atoms. The third-order valence-corrected chi connectivity index (χ3v) is 4.11. The molecule has 0 aliphatic heterocycles. The SMILES string of the molecule is OCc1cc(Br)c(OCC2CCC2)c(Br)c1. The molecule has 1 N–H and O–H groups in total. The summed E-state index contributed by atoms with van der Waals surface area (Å²) in [6.45, 7) is 0.829. The Labute approximate surface area is 112 Å². The van der Waals surface area contributed by atoms with Crippen molar-refractivity contribution < 1.29 is 9.84 Å². The van der Waals surface area contributed by atoms with Gasteiger partial charge < -0.3 is 9.84 Å². The Morgan fingerprint density at radius 2 is 1.88 bits per heavy atom. The van der Waals surface area contributed by atoms with Crippen LogP contribution >= 0.6 is 31.9 Å². The Hall–Kier alpha value is -0.0600. The van der Waals surface area contributed by atoms with E-state index < -0.39 is 0 Å². The summed E-state index contributed by atoms with van der Waals surface area (Å²) in [6, 6.07) is 3.78. The van der Waals surface area contributed by atoms with Crippen molar-refractivity contribution in [1.82, 2.24) is 0 Å². The van der Waals surface area contributed by atoms with Crippen LogP contribution in [0.2, 0.25) is 0 Å². The molecular weight excluding hydrogens is 336 g/mol. The van der Waals surface area contributed by atoms with Crippen LogP contribution in [-0.2, 0) is 6.61 Å². The van der Waals surface area contributed by atoms with E-state index in [4.69, 9.17) is 9.84 Å². The number of aliphatic hydroxyl groups excluding tert-OH is 1. The number of aliphatic hydroxyl groups is 1. The van der Waals surface area contributed by atoms with Gasteiger partial charge in [0.1, 0.15) is 5.75 Å². The zero-order valence-electron chi connectivity index (χ0n) is 8.88. The maximum absolute atomic E-state index is 9.06. The lowest BCUT2D eigenvalue weighted by molar-refractivity contribution is 0.179. The van der Waals surface area contributed by atoms with Gasteiger partial charge in [-0.05, 0) is 68.3 Å². The van der Waals surface area contributed by atoms with Crippen LogP contribution in [0.5, 0.6) is 5.75 Å². The molecule has 2 nitrogen and oxygen atoms in total. The fraction of sp³-hybridized carbons (Fsp3) is 0.500. The molecule has 1 aromatic rings. The minimum absolute atomic E-state index is 0.0418. The van der Waals surface area contributed by atoms with Crippen LogP contribution in [0, 0.1) is 5.92 Å². The van der Waals surface area contributed by atoms with Crippen LogP contribution in [-0.4, -0.2) is 11.7 Å². The van der Waals surface area contributed by atoms with E-state index in [1.54, 1.807) is 0 Å². The Balaban J connectivity index is 2.06. The lowest BCUT2D eigenvalue weighted by atomic mass is 9.86. The molecule has 0 bridgehead atoms. The van der Waals surface area contributed by atoms with Gasteiger partial charge in [-0.25, -0.2) is 0 Å². The van der Waals surface area contributed by atoms with E-state index in [-0.39, 0.29) is 6.61 Å². The maximum Gasteiger partial charge on any atom is 0.147 e. The first-order valence-electron chi connectivity index (χ1n) is 5.42. The van der Waals surface area contributed by atoms with Crippen molar-refractivity contribution in [2.45, 2.75) is 25.9 Å². The van der Waals surface area contributed by atoms with E-state index in [0.717, 1.165) is 32.8 Å². The second-order valence-electron chi connectivity index (χ2n) is 4.15. The van der Waals surface area contributed by atoms with E-state index >= 15 is 0 Å². The zero-order valence-corrected chi connectivity index (χ0v) is 12.1. The van der Waals surface area contributed by atoms with E-state index in [1.807, 2.05) is 12.1 Å². The molecule has 0 unspecified atom stereocenters. The molecule has 1 aliphatic rings. The molecule has 0 radical (unpaired) electrons. The fourth-order valence-corrected chi connectivity index (χ4v) is 3.21. The number of ether oxygens (including phenoxy) is 1. The van der Waals surface area contributed by atoms with Crippen molar-refractivity contribution in [3.05, 3.63) is 26.6 Å². The summed E-state index contributed by atoms with van der Waals surface area (Å²) in [6.07, 6.45) is 3.90. The minimum atomic E-state index is 0.0418. The molecule has 1 aromatic carbocycles. The maximum atomic E-state index is 9.06. The molecule has 2 rings (SSSR count). The van der Waals surface area contributed by atoms with Crippen molar-refractivity contribution in [3.8, 4) is 5.75 Å². The summed E-state index contributed by atoms with van der Waals surface area (Å²) >= 11 is 6.93. The summed E-state index contributed by atoms with van der Waals surface area (Å²) in [5, 5.41) is 9.06. The van der Waals surface area contributed by atoms with Crippen LogP contribution < -0.4 is 4.74 Å². The predicted octanol–water partition coefficient (Wildman–Crippen LogP) is 3.88.